The molecule has 4 aromatic heterocycles. The zero-order valence-corrected chi connectivity index (χ0v) is 22.1. The molecule has 5 rings (SSSR count). The maximum absolute atomic E-state index is 14.3. The van der Waals surface area contributed by atoms with E-state index in [0.29, 0.717) is 39.0 Å². The number of thiazole rings is 1. The number of methoxy groups -OCH3 is 1. The molecule has 10 nitrogen and oxygen atoms in total. The molecule has 198 valence electrons. The maximum Gasteiger partial charge on any atom is 0.255 e. The van der Waals surface area contributed by atoms with Crippen LogP contribution in [0.1, 0.15) is 29.8 Å². The van der Waals surface area contributed by atoms with Gasteiger partial charge in [-0.25, -0.2) is 13.9 Å². The first kappa shape index (κ1) is 26.0. The van der Waals surface area contributed by atoms with Crippen LogP contribution in [-0.2, 0) is 0 Å². The molecule has 0 spiro atoms. The van der Waals surface area contributed by atoms with Gasteiger partial charge in [-0.2, -0.15) is 10.4 Å². The Bertz CT molecular complexity index is 1740. The van der Waals surface area contributed by atoms with Crippen LogP contribution in [0.2, 0.25) is 0 Å². The Morgan fingerprint density at radius 2 is 2.08 bits per heavy atom. The topological polar surface area (TPSA) is 137 Å². The number of fused-ring (bicyclic) bond motifs is 2. The van der Waals surface area contributed by atoms with Gasteiger partial charge in [-0.1, -0.05) is 11.3 Å². The molecule has 0 aliphatic carbocycles. The summed E-state index contributed by atoms with van der Waals surface area (Å²) in [5.74, 6) is 0.131. The highest BCUT2D eigenvalue weighted by atomic mass is 32.1. The Kier molecular flexibility index (Phi) is 6.86. The lowest BCUT2D eigenvalue weighted by Crippen LogP contribution is -2.42. The highest BCUT2D eigenvalue weighted by Gasteiger charge is 2.27. The Morgan fingerprint density at radius 3 is 2.82 bits per heavy atom. The lowest BCUT2D eigenvalue weighted by atomic mass is 10.0. The van der Waals surface area contributed by atoms with Crippen LogP contribution in [0.3, 0.4) is 0 Å². The lowest BCUT2D eigenvalue weighted by Gasteiger charge is -2.22. The molecule has 1 atom stereocenters. The number of pyridine rings is 1. The first-order valence-electron chi connectivity index (χ1n) is 11.9. The zero-order chi connectivity index (χ0) is 27.7. The number of carbonyl (C=O) groups is 1. The van der Waals surface area contributed by atoms with Gasteiger partial charge < -0.3 is 20.5 Å². The Balaban J connectivity index is 1.53. The largest absolute Gasteiger partial charge is 0.497 e. The van der Waals surface area contributed by atoms with E-state index in [1.807, 2.05) is 30.3 Å². The van der Waals surface area contributed by atoms with E-state index >= 15 is 0 Å². The summed E-state index contributed by atoms with van der Waals surface area (Å²) in [6.07, 6.45) is 1.19. The standard InChI is InChI=1S/C27H24FN7O3S/c1-27(2,37)24(28)14-31-25(36)18-13-30-21(22-7-4-16-8-15(11-29)12-32-35(16)22)10-20(18)34-26-33-19-6-5-17(38-3)9-23(19)39-26/h4-10,12-13,24,37H,14H2,1-3H3,(H,31,36)(H,30,33,34)/t24-/m1/s1. The van der Waals surface area contributed by atoms with Gasteiger partial charge in [0.1, 0.15) is 18.0 Å². The number of ether oxygens (including phenoxy) is 1. The number of carbonyl (C=O) groups excluding carboxylic acids is 1. The van der Waals surface area contributed by atoms with Crippen molar-refractivity contribution in [2.24, 2.45) is 0 Å². The number of nitrogens with one attached hydrogen (secondary N) is 2. The normalized spacial score (nSPS) is 12.3. The molecule has 1 aromatic carbocycles. The quantitative estimate of drug-likeness (QED) is 0.260. The predicted molar refractivity (Wildman–Crippen MR) is 146 cm³/mol. The van der Waals surface area contributed by atoms with Crippen LogP contribution in [-0.4, -0.2) is 56.0 Å². The third-order valence-corrected chi connectivity index (χ3v) is 7.02. The number of benzene rings is 1. The number of hydrogen-bond acceptors (Lipinski definition) is 9. The Hall–Kier alpha value is -4.60. The van der Waals surface area contributed by atoms with E-state index in [-0.39, 0.29) is 12.1 Å². The minimum absolute atomic E-state index is 0.166. The average Bonchev–Trinajstić information content (AvgIpc) is 3.53. The summed E-state index contributed by atoms with van der Waals surface area (Å²) in [6, 6.07) is 14.6. The van der Waals surface area contributed by atoms with Crippen LogP contribution in [0.15, 0.2) is 54.9 Å². The number of anilines is 2. The molecule has 0 saturated heterocycles. The van der Waals surface area contributed by atoms with E-state index in [2.05, 4.69) is 31.8 Å². The smallest absolute Gasteiger partial charge is 0.255 e. The van der Waals surface area contributed by atoms with Crippen LogP contribution in [0.4, 0.5) is 15.2 Å². The van der Waals surface area contributed by atoms with Crippen molar-refractivity contribution < 1.29 is 19.0 Å². The number of halogens is 1. The second-order valence-electron chi connectivity index (χ2n) is 9.34. The van der Waals surface area contributed by atoms with Crippen molar-refractivity contribution in [3.63, 3.8) is 0 Å². The summed E-state index contributed by atoms with van der Waals surface area (Å²) < 4.78 is 22.2. The van der Waals surface area contributed by atoms with E-state index < -0.39 is 17.7 Å². The van der Waals surface area contributed by atoms with E-state index in [1.54, 1.807) is 23.8 Å². The molecule has 0 aliphatic heterocycles. The molecule has 3 N–H and O–H groups in total. The summed E-state index contributed by atoms with van der Waals surface area (Å²) in [5.41, 5.74) is 2.00. The van der Waals surface area contributed by atoms with Gasteiger partial charge in [-0.15, -0.1) is 0 Å². The minimum Gasteiger partial charge on any atom is -0.497 e. The van der Waals surface area contributed by atoms with Crippen LogP contribution in [0, 0.1) is 11.3 Å². The molecule has 12 heteroatoms. The predicted octanol–water partition coefficient (Wildman–Crippen LogP) is 4.47. The number of rotatable bonds is 8. The van der Waals surface area contributed by atoms with E-state index in [4.69, 9.17) is 4.74 Å². The molecular weight excluding hydrogens is 521 g/mol. The number of aromatic nitrogens is 4. The van der Waals surface area contributed by atoms with E-state index in [9.17, 15) is 19.6 Å². The summed E-state index contributed by atoms with van der Waals surface area (Å²) in [7, 11) is 1.59. The third kappa shape index (κ3) is 5.36. The van der Waals surface area contributed by atoms with Gasteiger partial charge in [-0.3, -0.25) is 9.78 Å². The average molecular weight is 546 g/mol. The SMILES string of the molecule is COc1ccc2nc(Nc3cc(-c4ccc5cc(C#N)cnn45)ncc3C(=O)NC[C@@H](F)C(C)(C)O)sc2c1. The fraction of sp³-hybridized carbons (Fsp3) is 0.222. The Labute approximate surface area is 226 Å². The lowest BCUT2D eigenvalue weighted by molar-refractivity contribution is -0.00177. The second-order valence-corrected chi connectivity index (χ2v) is 10.4. The van der Waals surface area contributed by atoms with Crippen LogP contribution >= 0.6 is 11.3 Å². The fourth-order valence-electron chi connectivity index (χ4n) is 3.86. The number of alkyl halides is 1. The van der Waals surface area contributed by atoms with Gasteiger partial charge in [0.15, 0.2) is 5.13 Å². The van der Waals surface area contributed by atoms with Crippen molar-refractivity contribution >= 4 is 43.8 Å². The van der Waals surface area contributed by atoms with Crippen molar-refractivity contribution in [2.45, 2.75) is 25.6 Å². The first-order chi connectivity index (χ1) is 18.7. The zero-order valence-electron chi connectivity index (χ0n) is 21.3. The monoisotopic (exact) mass is 545 g/mol. The van der Waals surface area contributed by atoms with Crippen molar-refractivity contribution in [2.75, 3.05) is 19.0 Å². The van der Waals surface area contributed by atoms with Gasteiger partial charge >= 0.3 is 0 Å². The minimum atomic E-state index is -1.67. The van der Waals surface area contributed by atoms with Gasteiger partial charge in [-0.05, 0) is 56.3 Å². The fourth-order valence-corrected chi connectivity index (χ4v) is 4.77. The Morgan fingerprint density at radius 1 is 1.26 bits per heavy atom. The van der Waals surface area contributed by atoms with Crippen molar-refractivity contribution in [1.82, 2.24) is 24.9 Å². The second kappa shape index (κ2) is 10.3. The molecule has 1 amide bonds. The number of amides is 1. The maximum atomic E-state index is 14.3. The molecule has 0 radical (unpaired) electrons. The number of nitrogens with zero attached hydrogens (tertiary/aromatic N) is 5. The van der Waals surface area contributed by atoms with Crippen LogP contribution in [0.25, 0.3) is 27.1 Å². The summed E-state index contributed by atoms with van der Waals surface area (Å²) in [6.45, 7) is 2.30. The highest BCUT2D eigenvalue weighted by molar-refractivity contribution is 7.22. The van der Waals surface area contributed by atoms with Gasteiger partial charge in [0, 0.05) is 6.20 Å². The van der Waals surface area contributed by atoms with Crippen LogP contribution in [0.5, 0.6) is 5.75 Å². The van der Waals surface area contributed by atoms with E-state index in [1.165, 1.54) is 37.6 Å². The summed E-state index contributed by atoms with van der Waals surface area (Å²) in [4.78, 5) is 22.2. The first-order valence-corrected chi connectivity index (χ1v) is 12.7. The molecule has 39 heavy (non-hydrogen) atoms. The van der Waals surface area contributed by atoms with Gasteiger partial charge in [0.2, 0.25) is 0 Å². The summed E-state index contributed by atoms with van der Waals surface area (Å²) in [5, 5.41) is 29.7. The number of aliphatic hydroxyl groups is 1. The van der Waals surface area contributed by atoms with Crippen molar-refractivity contribution in [3.8, 4) is 23.2 Å². The molecular formula is C27H24FN7O3S. The molecule has 0 unspecified atom stereocenters. The van der Waals surface area contributed by atoms with Crippen molar-refractivity contribution in [3.05, 3.63) is 66.0 Å². The third-order valence-electron chi connectivity index (χ3n) is 6.09. The van der Waals surface area contributed by atoms with Crippen molar-refractivity contribution in [1.29, 1.82) is 5.26 Å². The van der Waals surface area contributed by atoms with Gasteiger partial charge in [0.25, 0.3) is 5.91 Å². The summed E-state index contributed by atoms with van der Waals surface area (Å²) >= 11 is 1.38. The molecule has 4 heterocycles. The van der Waals surface area contributed by atoms with Gasteiger partial charge in [0.05, 0.1) is 69.4 Å². The highest BCUT2D eigenvalue weighted by Crippen LogP contribution is 2.33. The van der Waals surface area contributed by atoms with Crippen LogP contribution < -0.4 is 15.4 Å². The molecule has 0 aliphatic rings. The molecule has 0 bridgehead atoms. The number of hydrogen-bond donors (Lipinski definition) is 3. The number of nitriles is 1. The molecule has 5 aromatic rings. The molecule has 0 saturated carbocycles. The molecule has 0 fully saturated rings. The van der Waals surface area contributed by atoms with E-state index in [0.717, 1.165) is 10.2 Å².